The van der Waals surface area contributed by atoms with Crippen molar-refractivity contribution in [3.05, 3.63) is 39.5 Å². The lowest BCUT2D eigenvalue weighted by atomic mass is 9.97. The molecule has 2 aromatic rings. The molecular formula is C20H24FN3O4S2. The molecule has 2 saturated carbocycles. The Bertz CT molecular complexity index is 1120. The molecule has 2 aliphatic rings. The molecule has 2 aliphatic carbocycles. The summed E-state index contributed by atoms with van der Waals surface area (Å²) in [6.45, 7) is 1.64. The Morgan fingerprint density at radius 1 is 1.30 bits per heavy atom. The van der Waals surface area contributed by atoms with Gasteiger partial charge in [0.1, 0.15) is 6.04 Å². The summed E-state index contributed by atoms with van der Waals surface area (Å²) < 4.78 is 39.8. The van der Waals surface area contributed by atoms with Crippen LogP contribution in [0.25, 0.3) is 0 Å². The molecule has 162 valence electrons. The summed E-state index contributed by atoms with van der Waals surface area (Å²) in [5.74, 6) is -0.144. The lowest BCUT2D eigenvalue weighted by molar-refractivity contribution is -0.119. The highest BCUT2D eigenvalue weighted by Gasteiger charge is 2.38. The Balaban J connectivity index is 1.68. The van der Waals surface area contributed by atoms with Gasteiger partial charge in [-0.15, -0.1) is 0 Å². The molecule has 0 spiro atoms. The van der Waals surface area contributed by atoms with E-state index in [4.69, 9.17) is 0 Å². The maximum Gasteiger partial charge on any atom is 0.252 e. The van der Waals surface area contributed by atoms with Gasteiger partial charge in [0.25, 0.3) is 5.56 Å². The summed E-state index contributed by atoms with van der Waals surface area (Å²) in [4.78, 5) is 29.9. The number of hydrogen-bond acceptors (Lipinski definition) is 6. The van der Waals surface area contributed by atoms with Gasteiger partial charge in [-0.05, 0) is 38.2 Å². The van der Waals surface area contributed by atoms with Gasteiger partial charge in [0.2, 0.25) is 5.91 Å². The van der Waals surface area contributed by atoms with Crippen LogP contribution >= 0.6 is 11.3 Å². The van der Waals surface area contributed by atoms with E-state index >= 15 is 0 Å². The van der Waals surface area contributed by atoms with Crippen molar-refractivity contribution in [3.8, 4) is 0 Å². The van der Waals surface area contributed by atoms with E-state index in [-0.39, 0.29) is 10.0 Å². The summed E-state index contributed by atoms with van der Waals surface area (Å²) in [6.07, 6.45) is 6.86. The van der Waals surface area contributed by atoms with Crippen LogP contribution in [0.2, 0.25) is 0 Å². The third kappa shape index (κ3) is 4.34. The molecule has 0 aromatic carbocycles. The Kier molecular flexibility index (Phi) is 5.80. The highest BCUT2D eigenvalue weighted by molar-refractivity contribution is 7.92. The SMILES string of the molecule is Cc1cc(S(=O)(=O)C2CC2)cc(=O)n1[C@@H](CC1CCCC1)C(=O)Nc1ncc(F)s1. The van der Waals surface area contributed by atoms with Crippen LogP contribution in [-0.4, -0.2) is 29.1 Å². The lowest BCUT2D eigenvalue weighted by Gasteiger charge is -2.24. The number of pyridine rings is 1. The van der Waals surface area contributed by atoms with Gasteiger partial charge in [-0.2, -0.15) is 4.39 Å². The quantitative estimate of drug-likeness (QED) is 0.692. The zero-order valence-electron chi connectivity index (χ0n) is 16.6. The highest BCUT2D eigenvalue weighted by Crippen LogP contribution is 2.35. The molecule has 1 N–H and O–H groups in total. The minimum absolute atomic E-state index is 0.0192. The van der Waals surface area contributed by atoms with Crippen LogP contribution in [-0.2, 0) is 14.6 Å². The number of nitrogens with one attached hydrogen (secondary N) is 1. The largest absolute Gasteiger partial charge is 0.300 e. The van der Waals surface area contributed by atoms with Crippen molar-refractivity contribution in [2.45, 2.75) is 68.1 Å². The number of thiazole rings is 1. The predicted molar refractivity (Wildman–Crippen MR) is 112 cm³/mol. The fourth-order valence-corrected chi connectivity index (χ4v) is 6.50. The minimum atomic E-state index is -3.51. The molecule has 2 aromatic heterocycles. The number of sulfone groups is 1. The molecule has 7 nitrogen and oxygen atoms in total. The highest BCUT2D eigenvalue weighted by atomic mass is 32.2. The third-order valence-electron chi connectivity index (χ3n) is 5.88. The fourth-order valence-electron chi connectivity index (χ4n) is 4.21. The monoisotopic (exact) mass is 453 g/mol. The van der Waals surface area contributed by atoms with Crippen LogP contribution in [0.5, 0.6) is 0 Å². The molecule has 0 bridgehead atoms. The first-order chi connectivity index (χ1) is 14.3. The molecule has 0 saturated heterocycles. The van der Waals surface area contributed by atoms with E-state index in [2.05, 4.69) is 10.3 Å². The van der Waals surface area contributed by atoms with Crippen molar-refractivity contribution in [2.75, 3.05) is 5.32 Å². The van der Waals surface area contributed by atoms with Crippen molar-refractivity contribution >= 4 is 32.2 Å². The molecule has 2 heterocycles. The van der Waals surface area contributed by atoms with Crippen molar-refractivity contribution in [1.82, 2.24) is 9.55 Å². The van der Waals surface area contributed by atoms with Crippen molar-refractivity contribution in [3.63, 3.8) is 0 Å². The molecule has 30 heavy (non-hydrogen) atoms. The second kappa shape index (κ2) is 8.22. The van der Waals surface area contributed by atoms with Gasteiger partial charge in [-0.3, -0.25) is 9.59 Å². The van der Waals surface area contributed by atoms with Gasteiger partial charge in [0.15, 0.2) is 20.1 Å². The van der Waals surface area contributed by atoms with Crippen LogP contribution in [0.3, 0.4) is 0 Å². The smallest absolute Gasteiger partial charge is 0.252 e. The van der Waals surface area contributed by atoms with Gasteiger partial charge in [-0.1, -0.05) is 37.0 Å². The lowest BCUT2D eigenvalue weighted by Crippen LogP contribution is -2.36. The number of nitrogens with zero attached hydrogens (tertiary/aromatic N) is 2. The maximum absolute atomic E-state index is 13.3. The second-order valence-electron chi connectivity index (χ2n) is 8.15. The van der Waals surface area contributed by atoms with E-state index < -0.39 is 37.7 Å². The van der Waals surface area contributed by atoms with Crippen molar-refractivity contribution in [1.29, 1.82) is 0 Å². The van der Waals surface area contributed by atoms with Crippen LogP contribution in [0, 0.1) is 18.0 Å². The number of carbonyl (C=O) groups excluding carboxylic acids is 1. The van der Waals surface area contributed by atoms with Gasteiger partial charge in [-0.25, -0.2) is 13.4 Å². The Hall–Kier alpha value is -2.07. The number of hydrogen-bond donors (Lipinski definition) is 1. The third-order valence-corrected chi connectivity index (χ3v) is 8.82. The average Bonchev–Trinajstić information content (AvgIpc) is 3.29. The van der Waals surface area contributed by atoms with Gasteiger partial charge < -0.3 is 9.88 Å². The summed E-state index contributed by atoms with van der Waals surface area (Å²) >= 11 is 0.719. The molecule has 1 amide bonds. The molecule has 1 atom stereocenters. The predicted octanol–water partition coefficient (Wildman–Crippen LogP) is 3.45. The Labute approximate surface area is 178 Å². The maximum atomic E-state index is 13.3. The molecular weight excluding hydrogens is 429 g/mol. The van der Waals surface area contributed by atoms with E-state index in [1.807, 2.05) is 0 Å². The number of anilines is 1. The van der Waals surface area contributed by atoms with E-state index in [0.29, 0.717) is 30.9 Å². The van der Waals surface area contributed by atoms with Gasteiger partial charge in [0, 0.05) is 11.8 Å². The number of carbonyl (C=O) groups is 1. The van der Waals surface area contributed by atoms with Crippen LogP contribution < -0.4 is 10.9 Å². The Morgan fingerprint density at radius 3 is 2.57 bits per heavy atom. The fraction of sp³-hybridized carbons (Fsp3) is 0.550. The van der Waals surface area contributed by atoms with Crippen molar-refractivity contribution in [2.24, 2.45) is 5.92 Å². The number of aromatic nitrogens is 2. The first kappa shape index (κ1) is 21.2. The molecule has 0 aliphatic heterocycles. The van der Waals surface area contributed by atoms with Crippen LogP contribution in [0.4, 0.5) is 9.52 Å². The van der Waals surface area contributed by atoms with E-state index in [1.165, 1.54) is 10.6 Å². The minimum Gasteiger partial charge on any atom is -0.300 e. The normalized spacial score (nSPS) is 18.5. The second-order valence-corrected chi connectivity index (χ2v) is 11.4. The summed E-state index contributed by atoms with van der Waals surface area (Å²) in [7, 11) is -3.51. The van der Waals surface area contributed by atoms with E-state index in [9.17, 15) is 22.4 Å². The zero-order chi connectivity index (χ0) is 21.5. The van der Waals surface area contributed by atoms with Crippen LogP contribution in [0.1, 0.15) is 56.7 Å². The first-order valence-corrected chi connectivity index (χ1v) is 12.5. The standard InChI is InChI=1S/C20H24FN3O4S2/c1-12-8-15(30(27,28)14-6-7-14)10-18(25)24(12)16(9-13-4-2-3-5-13)19(26)23-20-22-11-17(21)29-20/h8,10-11,13-14,16H,2-7,9H2,1H3,(H,22,23,26)/t16-/m0/s1. The summed E-state index contributed by atoms with van der Waals surface area (Å²) in [6, 6.07) is 1.79. The molecule has 0 unspecified atom stereocenters. The molecule has 4 rings (SSSR count). The summed E-state index contributed by atoms with van der Waals surface area (Å²) in [5, 5.41) is 1.82. The topological polar surface area (TPSA) is 98.1 Å². The Morgan fingerprint density at radius 2 is 2.00 bits per heavy atom. The molecule has 10 heteroatoms. The molecule has 2 fully saturated rings. The van der Waals surface area contributed by atoms with E-state index in [1.54, 1.807) is 6.92 Å². The van der Waals surface area contributed by atoms with E-state index in [0.717, 1.165) is 49.3 Å². The number of halogens is 1. The van der Waals surface area contributed by atoms with Gasteiger partial charge >= 0.3 is 0 Å². The molecule has 0 radical (unpaired) electrons. The number of aryl methyl sites for hydroxylation is 1. The zero-order valence-corrected chi connectivity index (χ0v) is 18.3. The van der Waals surface area contributed by atoms with Crippen LogP contribution in [0.15, 0.2) is 28.0 Å². The number of amides is 1. The van der Waals surface area contributed by atoms with Crippen molar-refractivity contribution < 1.29 is 17.6 Å². The summed E-state index contributed by atoms with van der Waals surface area (Å²) in [5.41, 5.74) is -0.0946. The first-order valence-electron chi connectivity index (χ1n) is 10.1. The number of rotatable bonds is 7. The van der Waals surface area contributed by atoms with Gasteiger partial charge in [0.05, 0.1) is 16.3 Å². The average molecular weight is 454 g/mol.